The van der Waals surface area contributed by atoms with Crippen LogP contribution in [0.2, 0.25) is 0 Å². The lowest BCUT2D eigenvalue weighted by Crippen LogP contribution is -2.32. The number of nitrogens with one attached hydrogen (secondary N) is 1. The second-order valence-electron chi connectivity index (χ2n) is 8.25. The van der Waals surface area contributed by atoms with Crippen LogP contribution in [0.1, 0.15) is 36.5 Å². The van der Waals surface area contributed by atoms with Gasteiger partial charge in [-0.3, -0.25) is 9.59 Å². The molecule has 2 amide bonds. The van der Waals surface area contributed by atoms with Crippen molar-refractivity contribution in [1.29, 1.82) is 0 Å². The molecule has 0 saturated carbocycles. The summed E-state index contributed by atoms with van der Waals surface area (Å²) in [5, 5.41) is 3.28. The summed E-state index contributed by atoms with van der Waals surface area (Å²) in [6.07, 6.45) is 0. The van der Waals surface area contributed by atoms with E-state index < -0.39 is 0 Å². The molecule has 0 radical (unpaired) electrons. The number of thioether (sulfide) groups is 1. The Morgan fingerprint density at radius 2 is 1.53 bits per heavy atom. The lowest BCUT2D eigenvalue weighted by atomic mass is 10.0. The van der Waals surface area contributed by atoms with Crippen LogP contribution in [-0.4, -0.2) is 11.8 Å². The normalized spacial score (nSPS) is 14.0. The standard InChI is InChI=1S/C27H26N2O2S/c1-17(2)20-12-14-21(15-13-20)29-26(30)24(28-23-16-18(3)10-11-19(23)4)25(27(29)31)32-22-8-6-5-7-9-22/h5-17,28H,1-4H3. The first kappa shape index (κ1) is 21.9. The first-order valence-corrected chi connectivity index (χ1v) is 11.5. The predicted molar refractivity (Wildman–Crippen MR) is 132 cm³/mol. The van der Waals surface area contributed by atoms with Gasteiger partial charge in [-0.15, -0.1) is 0 Å². The Hall–Kier alpha value is -3.31. The van der Waals surface area contributed by atoms with Gasteiger partial charge in [-0.25, -0.2) is 4.90 Å². The molecular formula is C27H26N2O2S. The van der Waals surface area contributed by atoms with Crippen molar-refractivity contribution in [1.82, 2.24) is 0 Å². The Bertz CT molecular complexity index is 1200. The molecule has 0 fully saturated rings. The summed E-state index contributed by atoms with van der Waals surface area (Å²) >= 11 is 1.31. The molecular weight excluding hydrogens is 416 g/mol. The molecule has 3 aromatic carbocycles. The molecule has 0 unspecified atom stereocenters. The summed E-state index contributed by atoms with van der Waals surface area (Å²) < 4.78 is 0. The van der Waals surface area contributed by atoms with Gasteiger partial charge in [-0.05, 0) is 66.8 Å². The third kappa shape index (κ3) is 4.34. The molecule has 3 aromatic rings. The second-order valence-corrected chi connectivity index (χ2v) is 9.34. The van der Waals surface area contributed by atoms with Crippen LogP contribution in [0, 0.1) is 13.8 Å². The second kappa shape index (κ2) is 9.05. The molecule has 5 heteroatoms. The number of aryl methyl sites for hydroxylation is 2. The van der Waals surface area contributed by atoms with Crippen molar-refractivity contribution in [2.45, 2.75) is 38.5 Å². The largest absolute Gasteiger partial charge is 0.350 e. The molecule has 0 bridgehead atoms. The number of hydrogen-bond donors (Lipinski definition) is 1. The van der Waals surface area contributed by atoms with Gasteiger partial charge >= 0.3 is 0 Å². The minimum Gasteiger partial charge on any atom is -0.350 e. The van der Waals surface area contributed by atoms with E-state index in [9.17, 15) is 9.59 Å². The Labute approximate surface area is 193 Å². The molecule has 4 rings (SSSR count). The van der Waals surface area contributed by atoms with E-state index in [0.717, 1.165) is 27.3 Å². The molecule has 1 aliphatic heterocycles. The van der Waals surface area contributed by atoms with Crippen molar-refractivity contribution in [3.8, 4) is 0 Å². The SMILES string of the molecule is Cc1ccc(C)c(NC2=C(Sc3ccccc3)C(=O)N(c3ccc(C(C)C)cc3)C2=O)c1. The highest BCUT2D eigenvalue weighted by Gasteiger charge is 2.40. The first-order chi connectivity index (χ1) is 15.3. The fourth-order valence-electron chi connectivity index (χ4n) is 3.57. The summed E-state index contributed by atoms with van der Waals surface area (Å²) in [5.41, 5.74) is 4.96. The molecule has 4 nitrogen and oxygen atoms in total. The number of carbonyl (C=O) groups excluding carboxylic acids is 2. The van der Waals surface area contributed by atoms with Gasteiger partial charge < -0.3 is 5.32 Å². The van der Waals surface area contributed by atoms with E-state index in [-0.39, 0.29) is 11.8 Å². The molecule has 32 heavy (non-hydrogen) atoms. The van der Waals surface area contributed by atoms with Crippen LogP contribution in [-0.2, 0) is 9.59 Å². The average molecular weight is 443 g/mol. The number of amides is 2. The van der Waals surface area contributed by atoms with Crippen molar-refractivity contribution < 1.29 is 9.59 Å². The predicted octanol–water partition coefficient (Wildman–Crippen LogP) is 6.42. The Morgan fingerprint density at radius 1 is 0.844 bits per heavy atom. The number of rotatable bonds is 6. The van der Waals surface area contributed by atoms with Gasteiger partial charge in [0.05, 0.1) is 5.69 Å². The summed E-state index contributed by atoms with van der Waals surface area (Å²) in [5.74, 6) is -0.279. The Balaban J connectivity index is 1.74. The third-order valence-corrected chi connectivity index (χ3v) is 6.57. The summed E-state index contributed by atoms with van der Waals surface area (Å²) in [4.78, 5) is 29.6. The zero-order valence-corrected chi connectivity index (χ0v) is 19.5. The van der Waals surface area contributed by atoms with Gasteiger partial charge in [-0.2, -0.15) is 0 Å². The van der Waals surface area contributed by atoms with E-state index >= 15 is 0 Å². The van der Waals surface area contributed by atoms with Gasteiger partial charge in [0.1, 0.15) is 10.6 Å². The highest BCUT2D eigenvalue weighted by atomic mass is 32.2. The number of hydrogen-bond acceptors (Lipinski definition) is 4. The van der Waals surface area contributed by atoms with Crippen LogP contribution in [0.4, 0.5) is 11.4 Å². The lowest BCUT2D eigenvalue weighted by Gasteiger charge is -2.17. The minimum absolute atomic E-state index is 0.311. The number of benzene rings is 3. The van der Waals surface area contributed by atoms with Gasteiger partial charge in [0.25, 0.3) is 11.8 Å². The van der Waals surface area contributed by atoms with Crippen molar-refractivity contribution in [2.75, 3.05) is 10.2 Å². The highest BCUT2D eigenvalue weighted by Crippen LogP contribution is 2.38. The van der Waals surface area contributed by atoms with Crippen molar-refractivity contribution in [2.24, 2.45) is 0 Å². The van der Waals surface area contributed by atoms with Crippen molar-refractivity contribution in [3.05, 3.63) is 100 Å². The van der Waals surface area contributed by atoms with E-state index in [0.29, 0.717) is 22.2 Å². The average Bonchev–Trinajstić information content (AvgIpc) is 3.01. The maximum atomic E-state index is 13.5. The molecule has 0 spiro atoms. The zero-order valence-electron chi connectivity index (χ0n) is 18.7. The minimum atomic E-state index is -0.341. The molecule has 0 saturated heterocycles. The van der Waals surface area contributed by atoms with E-state index in [2.05, 4.69) is 19.2 Å². The van der Waals surface area contributed by atoms with Crippen LogP contribution in [0.15, 0.2) is 88.3 Å². The van der Waals surface area contributed by atoms with Gasteiger partial charge in [0, 0.05) is 10.6 Å². The molecule has 0 atom stereocenters. The summed E-state index contributed by atoms with van der Waals surface area (Å²) in [7, 11) is 0. The monoisotopic (exact) mass is 442 g/mol. The number of nitrogens with zero attached hydrogens (tertiary/aromatic N) is 1. The summed E-state index contributed by atoms with van der Waals surface area (Å²) in [6.45, 7) is 8.21. The molecule has 0 aromatic heterocycles. The van der Waals surface area contributed by atoms with E-state index in [4.69, 9.17) is 0 Å². The van der Waals surface area contributed by atoms with Gasteiger partial charge in [0.15, 0.2) is 0 Å². The Kier molecular flexibility index (Phi) is 6.19. The first-order valence-electron chi connectivity index (χ1n) is 10.7. The topological polar surface area (TPSA) is 49.4 Å². The number of carbonyl (C=O) groups is 2. The van der Waals surface area contributed by atoms with E-state index in [1.807, 2.05) is 86.6 Å². The van der Waals surface area contributed by atoms with E-state index in [1.165, 1.54) is 16.7 Å². The fraction of sp³-hybridized carbons (Fsp3) is 0.185. The van der Waals surface area contributed by atoms with E-state index in [1.54, 1.807) is 0 Å². The van der Waals surface area contributed by atoms with Gasteiger partial charge in [-0.1, -0.05) is 68.1 Å². The molecule has 1 N–H and O–H groups in total. The van der Waals surface area contributed by atoms with Crippen LogP contribution in [0.5, 0.6) is 0 Å². The van der Waals surface area contributed by atoms with Crippen molar-refractivity contribution >= 4 is 35.0 Å². The molecule has 0 aliphatic carbocycles. The quantitative estimate of drug-likeness (QED) is 0.448. The number of imide groups is 1. The third-order valence-electron chi connectivity index (χ3n) is 5.48. The summed E-state index contributed by atoms with van der Waals surface area (Å²) in [6, 6.07) is 23.3. The fourth-order valence-corrected chi connectivity index (χ4v) is 4.52. The smallest absolute Gasteiger partial charge is 0.283 e. The lowest BCUT2D eigenvalue weighted by molar-refractivity contribution is -0.120. The van der Waals surface area contributed by atoms with Crippen LogP contribution < -0.4 is 10.2 Å². The van der Waals surface area contributed by atoms with Crippen LogP contribution >= 0.6 is 11.8 Å². The van der Waals surface area contributed by atoms with Crippen LogP contribution in [0.25, 0.3) is 0 Å². The molecule has 1 aliphatic rings. The molecule has 162 valence electrons. The zero-order chi connectivity index (χ0) is 22.8. The van der Waals surface area contributed by atoms with Crippen LogP contribution in [0.3, 0.4) is 0 Å². The highest BCUT2D eigenvalue weighted by molar-refractivity contribution is 8.04. The Morgan fingerprint density at radius 3 is 2.19 bits per heavy atom. The van der Waals surface area contributed by atoms with Crippen molar-refractivity contribution in [3.63, 3.8) is 0 Å². The van der Waals surface area contributed by atoms with Gasteiger partial charge in [0.2, 0.25) is 0 Å². The molecule has 1 heterocycles. The number of anilines is 2. The maximum absolute atomic E-state index is 13.5. The maximum Gasteiger partial charge on any atom is 0.283 e.